The molecule has 0 saturated carbocycles. The highest BCUT2D eigenvalue weighted by molar-refractivity contribution is 6.46. The summed E-state index contributed by atoms with van der Waals surface area (Å²) in [4.78, 5) is 33.0. The van der Waals surface area contributed by atoms with E-state index >= 15 is 0 Å². The van der Waals surface area contributed by atoms with Crippen LogP contribution in [0.4, 0.5) is 0 Å². The number of hydrogen-bond donors (Lipinski definition) is 2. The third-order valence-corrected chi connectivity index (χ3v) is 5.83. The number of carbonyl (C=O) groups is 2. The van der Waals surface area contributed by atoms with E-state index < -0.39 is 17.7 Å². The van der Waals surface area contributed by atoms with E-state index in [9.17, 15) is 14.7 Å². The third kappa shape index (κ3) is 4.77. The summed E-state index contributed by atoms with van der Waals surface area (Å²) >= 11 is 0. The number of carbonyl (C=O) groups excluding carboxylic acids is 2. The predicted octanol–water partition coefficient (Wildman–Crippen LogP) is 1.83. The lowest BCUT2D eigenvalue weighted by atomic mass is 9.96. The molecule has 2 N–H and O–H groups in total. The fourth-order valence-corrected chi connectivity index (χ4v) is 4.03. The first-order valence-corrected chi connectivity index (χ1v) is 10.7. The smallest absolute Gasteiger partial charge is 0.295 e. The standard InChI is InChI=1S/C24H29N3O4/c1-4-26(5-2)14-7-15-27-21(17-10-12-25-13-11-17)20(23(29)24(27)30)22(28)18-8-6-9-19(16-18)31-3/h6,8-13,16,21,28H,4-5,7,14-15H2,1-3H3/p+1/t21-/m0/s1. The summed E-state index contributed by atoms with van der Waals surface area (Å²) in [5, 5.41) is 11.1. The molecule has 0 bridgehead atoms. The van der Waals surface area contributed by atoms with Crippen LogP contribution in [-0.4, -0.2) is 60.0 Å². The number of nitrogens with zero attached hydrogens (tertiary/aromatic N) is 2. The van der Waals surface area contributed by atoms with E-state index in [1.807, 2.05) is 0 Å². The highest BCUT2D eigenvalue weighted by Crippen LogP contribution is 2.39. The fourth-order valence-electron chi connectivity index (χ4n) is 4.03. The summed E-state index contributed by atoms with van der Waals surface area (Å²) in [6, 6.07) is 9.73. The van der Waals surface area contributed by atoms with Gasteiger partial charge in [-0.25, -0.2) is 0 Å². The van der Waals surface area contributed by atoms with E-state index in [-0.39, 0.29) is 11.3 Å². The number of aliphatic hydroxyl groups is 1. The van der Waals surface area contributed by atoms with Crippen LogP contribution >= 0.6 is 0 Å². The van der Waals surface area contributed by atoms with E-state index in [1.165, 1.54) is 12.0 Å². The molecule has 1 saturated heterocycles. The monoisotopic (exact) mass is 424 g/mol. The van der Waals surface area contributed by atoms with Gasteiger partial charge in [0.05, 0.1) is 38.4 Å². The number of nitrogens with one attached hydrogen (secondary N) is 1. The van der Waals surface area contributed by atoms with Crippen LogP contribution < -0.4 is 9.64 Å². The molecule has 1 aliphatic rings. The van der Waals surface area contributed by atoms with Crippen molar-refractivity contribution in [3.05, 3.63) is 65.5 Å². The third-order valence-electron chi connectivity index (χ3n) is 5.83. The van der Waals surface area contributed by atoms with Crippen LogP contribution in [0.2, 0.25) is 0 Å². The van der Waals surface area contributed by atoms with E-state index in [2.05, 4.69) is 18.8 Å². The summed E-state index contributed by atoms with van der Waals surface area (Å²) in [6.45, 7) is 7.65. The van der Waals surface area contributed by atoms with Gasteiger partial charge in [0.1, 0.15) is 11.5 Å². The van der Waals surface area contributed by atoms with Crippen LogP contribution in [0, 0.1) is 0 Å². The molecule has 2 heterocycles. The van der Waals surface area contributed by atoms with Gasteiger partial charge in [-0.3, -0.25) is 14.6 Å². The normalized spacial score (nSPS) is 18.1. The average Bonchev–Trinajstić information content (AvgIpc) is 3.07. The molecule has 0 unspecified atom stereocenters. The highest BCUT2D eigenvalue weighted by atomic mass is 16.5. The number of aromatic nitrogens is 1. The Morgan fingerprint density at radius 1 is 1.16 bits per heavy atom. The van der Waals surface area contributed by atoms with Crippen LogP contribution in [0.15, 0.2) is 54.4 Å². The summed E-state index contributed by atoms with van der Waals surface area (Å²) in [5.74, 6) is -0.894. The first-order valence-electron chi connectivity index (χ1n) is 10.7. The second-order valence-corrected chi connectivity index (χ2v) is 7.57. The molecule has 1 fully saturated rings. The van der Waals surface area contributed by atoms with Gasteiger partial charge in [0.15, 0.2) is 0 Å². The van der Waals surface area contributed by atoms with Crippen LogP contribution in [0.1, 0.15) is 37.4 Å². The van der Waals surface area contributed by atoms with Crippen molar-refractivity contribution in [1.29, 1.82) is 0 Å². The number of Topliss-reactive ketones (excluding diaryl/α,β-unsaturated/α-hetero) is 1. The highest BCUT2D eigenvalue weighted by Gasteiger charge is 2.45. The van der Waals surface area contributed by atoms with Crippen LogP contribution in [0.25, 0.3) is 5.76 Å². The van der Waals surface area contributed by atoms with Gasteiger partial charge >= 0.3 is 0 Å². The maximum absolute atomic E-state index is 13.0. The lowest BCUT2D eigenvalue weighted by Crippen LogP contribution is -3.11. The first-order chi connectivity index (χ1) is 15.0. The van der Waals surface area contributed by atoms with Gasteiger partial charge in [-0.05, 0) is 43.7 Å². The number of likely N-dealkylation sites (tertiary alicyclic amines) is 1. The molecule has 1 amide bonds. The minimum absolute atomic E-state index is 0.0969. The molecule has 1 aromatic carbocycles. The number of quaternary nitrogens is 1. The number of rotatable bonds is 9. The summed E-state index contributed by atoms with van der Waals surface area (Å²) in [7, 11) is 1.53. The zero-order valence-electron chi connectivity index (χ0n) is 18.3. The Bertz CT molecular complexity index is 954. The molecule has 7 heteroatoms. The zero-order valence-corrected chi connectivity index (χ0v) is 18.3. The average molecular weight is 425 g/mol. The maximum atomic E-state index is 13.0. The molecule has 0 spiro atoms. The Kier molecular flexibility index (Phi) is 7.41. The molecule has 31 heavy (non-hydrogen) atoms. The minimum Gasteiger partial charge on any atom is -0.507 e. The molecule has 7 nitrogen and oxygen atoms in total. The predicted molar refractivity (Wildman–Crippen MR) is 118 cm³/mol. The van der Waals surface area contributed by atoms with Gasteiger partial charge < -0.3 is 19.6 Å². The van der Waals surface area contributed by atoms with Crippen LogP contribution in [-0.2, 0) is 9.59 Å². The van der Waals surface area contributed by atoms with Gasteiger partial charge in [0, 0.05) is 30.9 Å². The van der Waals surface area contributed by atoms with E-state index in [0.29, 0.717) is 17.9 Å². The van der Waals surface area contributed by atoms with E-state index in [0.717, 1.165) is 31.6 Å². The topological polar surface area (TPSA) is 84.2 Å². The van der Waals surface area contributed by atoms with E-state index in [1.54, 1.807) is 53.7 Å². The van der Waals surface area contributed by atoms with Gasteiger partial charge in [-0.15, -0.1) is 0 Å². The molecule has 0 radical (unpaired) electrons. The number of hydrogen-bond acceptors (Lipinski definition) is 5. The Morgan fingerprint density at radius 3 is 2.52 bits per heavy atom. The lowest BCUT2D eigenvalue weighted by molar-refractivity contribution is -0.896. The van der Waals surface area contributed by atoms with Crippen molar-refractivity contribution in [3.63, 3.8) is 0 Å². The lowest BCUT2D eigenvalue weighted by Gasteiger charge is -2.26. The summed E-state index contributed by atoms with van der Waals surface area (Å²) in [6.07, 6.45) is 4.02. The maximum Gasteiger partial charge on any atom is 0.295 e. The zero-order chi connectivity index (χ0) is 22.4. The van der Waals surface area contributed by atoms with Crippen LogP contribution in [0.3, 0.4) is 0 Å². The number of ketones is 1. The SMILES string of the molecule is CC[NH+](CC)CCCN1C(=O)C(=O)C(=C(O)c2cccc(OC)c2)[C@@H]1c1ccncc1. The molecule has 1 atom stereocenters. The van der Waals surface area contributed by atoms with Crippen molar-refractivity contribution >= 4 is 17.4 Å². The second kappa shape index (κ2) is 10.2. The van der Waals surface area contributed by atoms with Crippen molar-refractivity contribution in [2.45, 2.75) is 26.3 Å². The molecule has 2 aromatic rings. The van der Waals surface area contributed by atoms with Crippen LogP contribution in [0.5, 0.6) is 5.75 Å². The van der Waals surface area contributed by atoms with Gasteiger partial charge in [0.2, 0.25) is 0 Å². The van der Waals surface area contributed by atoms with Crippen molar-refractivity contribution in [2.75, 3.05) is 33.3 Å². The van der Waals surface area contributed by atoms with E-state index in [4.69, 9.17) is 4.74 Å². The second-order valence-electron chi connectivity index (χ2n) is 7.57. The Morgan fingerprint density at radius 2 is 1.87 bits per heavy atom. The number of aliphatic hydroxyl groups excluding tert-OH is 1. The number of ether oxygens (including phenoxy) is 1. The summed E-state index contributed by atoms with van der Waals surface area (Å²) < 4.78 is 5.24. The van der Waals surface area contributed by atoms with Gasteiger partial charge in [-0.1, -0.05) is 12.1 Å². The number of pyridine rings is 1. The Hall–Kier alpha value is -3.19. The van der Waals surface area contributed by atoms with Crippen molar-refractivity contribution in [1.82, 2.24) is 9.88 Å². The minimum atomic E-state index is -0.669. The quantitative estimate of drug-likeness (QED) is 0.365. The number of methoxy groups -OCH3 is 1. The largest absolute Gasteiger partial charge is 0.507 e. The first kappa shape index (κ1) is 22.5. The molecule has 1 aromatic heterocycles. The Labute approximate surface area is 183 Å². The molecule has 3 rings (SSSR count). The molecule has 0 aliphatic carbocycles. The Balaban J connectivity index is 2.01. The van der Waals surface area contributed by atoms with Crippen molar-refractivity contribution < 1.29 is 24.3 Å². The van der Waals surface area contributed by atoms with Gasteiger partial charge in [0.25, 0.3) is 11.7 Å². The molecule has 164 valence electrons. The molecule has 1 aliphatic heterocycles. The number of benzene rings is 1. The molecular weight excluding hydrogens is 394 g/mol. The fraction of sp³-hybridized carbons (Fsp3) is 0.375. The number of amides is 1. The van der Waals surface area contributed by atoms with Crippen molar-refractivity contribution in [3.8, 4) is 5.75 Å². The molecular formula is C24H30N3O4+. The van der Waals surface area contributed by atoms with Crippen molar-refractivity contribution in [2.24, 2.45) is 0 Å². The van der Waals surface area contributed by atoms with Gasteiger partial charge in [-0.2, -0.15) is 0 Å². The summed E-state index contributed by atoms with van der Waals surface area (Å²) in [5.41, 5.74) is 1.28.